The van der Waals surface area contributed by atoms with E-state index in [0.717, 1.165) is 11.4 Å². The average Bonchev–Trinajstić information content (AvgIpc) is 2.08. The van der Waals surface area contributed by atoms with Crippen LogP contribution >= 0.6 is 0 Å². The van der Waals surface area contributed by atoms with Gasteiger partial charge in [0.1, 0.15) is 5.75 Å². The Bertz CT molecular complexity index is 201. The third-order valence-corrected chi connectivity index (χ3v) is 0.987. The molecule has 0 bridgehead atoms. The van der Waals surface area contributed by atoms with Crippen molar-refractivity contribution in [1.82, 2.24) is 10.2 Å². The molecule has 1 rings (SSSR count). The molecule has 0 saturated heterocycles. The van der Waals surface area contributed by atoms with Crippen LogP contribution < -0.4 is 4.74 Å². The third-order valence-electron chi connectivity index (χ3n) is 0.987. The first kappa shape index (κ1) is 9.88. The molecule has 0 amide bonds. The van der Waals surface area contributed by atoms with Crippen LogP contribution in [0.25, 0.3) is 0 Å². The number of methoxy groups -OCH3 is 1. The highest BCUT2D eigenvalue weighted by Gasteiger charge is 1.89. The van der Waals surface area contributed by atoms with E-state index in [1.165, 1.54) is 0 Å². The summed E-state index contributed by atoms with van der Waals surface area (Å²) in [6, 6.07) is 1.83. The maximum Gasteiger partial charge on any atom is 0.140 e. The molecule has 3 heteroatoms. The van der Waals surface area contributed by atoms with E-state index in [1.807, 2.05) is 26.8 Å². The van der Waals surface area contributed by atoms with Gasteiger partial charge in [0.2, 0.25) is 0 Å². The number of aromatic nitrogens is 2. The summed E-state index contributed by atoms with van der Waals surface area (Å²) >= 11 is 0. The second-order valence-corrected chi connectivity index (χ2v) is 1.74. The first-order valence-corrected chi connectivity index (χ1v) is 3.66. The molecule has 0 aliphatic rings. The Labute approximate surface area is 67.4 Å². The molecule has 1 heterocycles. The summed E-state index contributed by atoms with van der Waals surface area (Å²) in [5.74, 6) is 0.752. The van der Waals surface area contributed by atoms with Crippen molar-refractivity contribution in [3.8, 4) is 5.75 Å². The van der Waals surface area contributed by atoms with Crippen LogP contribution in [-0.2, 0) is 0 Å². The summed E-state index contributed by atoms with van der Waals surface area (Å²) < 4.78 is 4.89. The lowest BCUT2D eigenvalue weighted by molar-refractivity contribution is 0.411. The van der Waals surface area contributed by atoms with Crippen molar-refractivity contribution in [3.63, 3.8) is 0 Å². The maximum atomic E-state index is 4.89. The molecule has 0 spiro atoms. The standard InChI is InChI=1S/C6H8N2O.C2H6/c1-5-3-6(9-2)4-7-8-5;1-2/h3-4H,1-2H3;1-2H3. The molecular weight excluding hydrogens is 140 g/mol. The van der Waals surface area contributed by atoms with Gasteiger partial charge in [-0.05, 0) is 6.92 Å². The van der Waals surface area contributed by atoms with Crippen LogP contribution in [0.15, 0.2) is 12.3 Å². The summed E-state index contributed by atoms with van der Waals surface area (Å²) in [6.07, 6.45) is 1.58. The van der Waals surface area contributed by atoms with Gasteiger partial charge in [-0.25, -0.2) is 0 Å². The number of aryl methyl sites for hydroxylation is 1. The van der Waals surface area contributed by atoms with Crippen molar-refractivity contribution in [1.29, 1.82) is 0 Å². The zero-order valence-corrected chi connectivity index (χ0v) is 7.46. The van der Waals surface area contributed by atoms with Crippen LogP contribution in [0.3, 0.4) is 0 Å². The van der Waals surface area contributed by atoms with Gasteiger partial charge in [0.25, 0.3) is 0 Å². The molecule has 62 valence electrons. The number of rotatable bonds is 1. The van der Waals surface area contributed by atoms with Gasteiger partial charge in [0, 0.05) is 6.07 Å². The summed E-state index contributed by atoms with van der Waals surface area (Å²) in [7, 11) is 1.61. The first-order valence-electron chi connectivity index (χ1n) is 3.66. The van der Waals surface area contributed by atoms with Gasteiger partial charge in [-0.15, -0.1) is 0 Å². The van der Waals surface area contributed by atoms with Crippen molar-refractivity contribution in [2.24, 2.45) is 0 Å². The van der Waals surface area contributed by atoms with Crippen molar-refractivity contribution in [3.05, 3.63) is 18.0 Å². The fraction of sp³-hybridized carbons (Fsp3) is 0.500. The van der Waals surface area contributed by atoms with Crippen LogP contribution in [0.5, 0.6) is 5.75 Å². The third kappa shape index (κ3) is 3.55. The number of hydrogen-bond donors (Lipinski definition) is 0. The van der Waals surface area contributed by atoms with E-state index in [0.29, 0.717) is 0 Å². The minimum absolute atomic E-state index is 0.752. The van der Waals surface area contributed by atoms with Crippen LogP contribution in [-0.4, -0.2) is 17.3 Å². The Hall–Kier alpha value is -1.12. The highest BCUT2D eigenvalue weighted by atomic mass is 16.5. The molecule has 0 N–H and O–H groups in total. The summed E-state index contributed by atoms with van der Waals surface area (Å²) in [4.78, 5) is 0. The zero-order valence-electron chi connectivity index (χ0n) is 7.46. The highest BCUT2D eigenvalue weighted by molar-refractivity contribution is 5.17. The Kier molecular flexibility index (Phi) is 5.07. The fourth-order valence-corrected chi connectivity index (χ4v) is 0.560. The lowest BCUT2D eigenvalue weighted by Gasteiger charge is -1.95. The summed E-state index contributed by atoms with van der Waals surface area (Å²) in [6.45, 7) is 5.87. The van der Waals surface area contributed by atoms with Crippen molar-refractivity contribution < 1.29 is 4.74 Å². The zero-order chi connectivity index (χ0) is 8.69. The number of nitrogens with zero attached hydrogens (tertiary/aromatic N) is 2. The van der Waals surface area contributed by atoms with Crippen molar-refractivity contribution >= 4 is 0 Å². The number of hydrogen-bond acceptors (Lipinski definition) is 3. The quantitative estimate of drug-likeness (QED) is 0.619. The van der Waals surface area contributed by atoms with Gasteiger partial charge in [-0.1, -0.05) is 13.8 Å². The Morgan fingerprint density at radius 2 is 2.00 bits per heavy atom. The van der Waals surface area contributed by atoms with E-state index in [2.05, 4.69) is 10.2 Å². The molecule has 3 nitrogen and oxygen atoms in total. The van der Waals surface area contributed by atoms with Crippen molar-refractivity contribution in [2.45, 2.75) is 20.8 Å². The van der Waals surface area contributed by atoms with Gasteiger partial charge in [-0.3, -0.25) is 0 Å². The summed E-state index contributed by atoms with van der Waals surface area (Å²) in [5, 5.41) is 7.44. The number of ether oxygens (including phenoxy) is 1. The van der Waals surface area contributed by atoms with Gasteiger partial charge < -0.3 is 4.74 Å². The van der Waals surface area contributed by atoms with Crippen LogP contribution in [0.4, 0.5) is 0 Å². The molecule has 0 unspecified atom stereocenters. The minimum Gasteiger partial charge on any atom is -0.495 e. The lowest BCUT2D eigenvalue weighted by atomic mass is 10.4. The molecule has 0 aliphatic carbocycles. The predicted octanol–water partition coefficient (Wildman–Crippen LogP) is 1.82. The topological polar surface area (TPSA) is 35.0 Å². The molecule has 0 aliphatic heterocycles. The fourth-order valence-electron chi connectivity index (χ4n) is 0.560. The molecule has 11 heavy (non-hydrogen) atoms. The molecular formula is C8H14N2O. The molecule has 0 saturated carbocycles. The van der Waals surface area contributed by atoms with E-state index >= 15 is 0 Å². The van der Waals surface area contributed by atoms with Gasteiger partial charge in [0.15, 0.2) is 0 Å². The normalized spacial score (nSPS) is 8.00. The monoisotopic (exact) mass is 154 g/mol. The predicted molar refractivity (Wildman–Crippen MR) is 44.7 cm³/mol. The SMILES string of the molecule is CC.COc1cnnc(C)c1. The van der Waals surface area contributed by atoms with E-state index in [9.17, 15) is 0 Å². The lowest BCUT2D eigenvalue weighted by Crippen LogP contribution is -1.88. The van der Waals surface area contributed by atoms with Crippen LogP contribution in [0.2, 0.25) is 0 Å². The van der Waals surface area contributed by atoms with Crippen LogP contribution in [0.1, 0.15) is 19.5 Å². The Morgan fingerprint density at radius 1 is 1.36 bits per heavy atom. The summed E-state index contributed by atoms with van der Waals surface area (Å²) in [5.41, 5.74) is 0.870. The van der Waals surface area contributed by atoms with Gasteiger partial charge in [-0.2, -0.15) is 10.2 Å². The van der Waals surface area contributed by atoms with Crippen LogP contribution in [0, 0.1) is 6.92 Å². The second kappa shape index (κ2) is 5.65. The molecule has 0 aromatic carbocycles. The molecule has 1 aromatic rings. The Balaban J connectivity index is 0.000000461. The average molecular weight is 154 g/mol. The highest BCUT2D eigenvalue weighted by Crippen LogP contribution is 2.05. The molecule has 1 aromatic heterocycles. The van der Waals surface area contributed by atoms with E-state index < -0.39 is 0 Å². The van der Waals surface area contributed by atoms with Crippen molar-refractivity contribution in [2.75, 3.05) is 7.11 Å². The maximum absolute atomic E-state index is 4.89. The minimum atomic E-state index is 0.752. The molecule has 0 atom stereocenters. The largest absolute Gasteiger partial charge is 0.495 e. The molecule has 0 radical (unpaired) electrons. The van der Waals surface area contributed by atoms with E-state index in [-0.39, 0.29) is 0 Å². The van der Waals surface area contributed by atoms with E-state index in [4.69, 9.17) is 4.74 Å². The smallest absolute Gasteiger partial charge is 0.140 e. The van der Waals surface area contributed by atoms with E-state index in [1.54, 1.807) is 13.3 Å². The van der Waals surface area contributed by atoms with Gasteiger partial charge >= 0.3 is 0 Å². The first-order chi connectivity index (χ1) is 5.33. The van der Waals surface area contributed by atoms with Gasteiger partial charge in [0.05, 0.1) is 19.0 Å². The Morgan fingerprint density at radius 3 is 2.36 bits per heavy atom. The second-order valence-electron chi connectivity index (χ2n) is 1.74. The molecule has 0 fully saturated rings.